The molecule has 0 aliphatic heterocycles. The van der Waals surface area contributed by atoms with E-state index in [0.29, 0.717) is 0 Å². The minimum atomic E-state index is 1.13. The van der Waals surface area contributed by atoms with Crippen LogP contribution in [0.1, 0.15) is 57.3 Å². The molecule has 0 radical (unpaired) electrons. The quantitative estimate of drug-likeness (QED) is 0.103. The van der Waals surface area contributed by atoms with Crippen molar-refractivity contribution in [2.24, 2.45) is 0 Å². The molecule has 0 heterocycles. The molecule has 7 aromatic rings. The van der Waals surface area contributed by atoms with Crippen molar-refractivity contribution in [2.75, 3.05) is 4.90 Å². The first kappa shape index (κ1) is 33.7. The van der Waals surface area contributed by atoms with Crippen molar-refractivity contribution in [2.45, 2.75) is 25.7 Å². The van der Waals surface area contributed by atoms with Gasteiger partial charge in [0.25, 0.3) is 0 Å². The van der Waals surface area contributed by atoms with Crippen LogP contribution in [-0.4, -0.2) is 0 Å². The van der Waals surface area contributed by atoms with Crippen LogP contribution in [0, 0.1) is 0 Å². The lowest BCUT2D eigenvalue weighted by Crippen LogP contribution is -2.12. The highest BCUT2D eigenvalue weighted by molar-refractivity contribution is 5.92. The van der Waals surface area contributed by atoms with Crippen molar-refractivity contribution in [3.05, 3.63) is 245 Å². The number of hydrogen-bond acceptors (Lipinski definition) is 1. The molecule has 0 saturated heterocycles. The van der Waals surface area contributed by atoms with E-state index in [1.165, 1.54) is 69.5 Å². The zero-order valence-corrected chi connectivity index (χ0v) is 30.0. The molecule has 53 heavy (non-hydrogen) atoms. The molecule has 0 spiro atoms. The highest BCUT2D eigenvalue weighted by atomic mass is 15.1. The Morgan fingerprint density at radius 1 is 0.396 bits per heavy atom. The van der Waals surface area contributed by atoms with E-state index in [1.807, 2.05) is 0 Å². The SMILES string of the molecule is C(/C=C/c1ccc(N(c2cccc(C=C(c3ccccc3)c3ccccc3)c2)c2ccc3c(c2)CCCC3)cc1)=C(c1ccccc1)c1ccccc1. The summed E-state index contributed by atoms with van der Waals surface area (Å²) in [5.74, 6) is 0. The van der Waals surface area contributed by atoms with Crippen molar-refractivity contribution < 1.29 is 0 Å². The van der Waals surface area contributed by atoms with E-state index in [0.717, 1.165) is 28.9 Å². The summed E-state index contributed by atoms with van der Waals surface area (Å²) in [4.78, 5) is 2.41. The van der Waals surface area contributed by atoms with Crippen LogP contribution in [-0.2, 0) is 12.8 Å². The number of fused-ring (bicyclic) bond motifs is 1. The van der Waals surface area contributed by atoms with E-state index >= 15 is 0 Å². The molecule has 0 unspecified atom stereocenters. The summed E-state index contributed by atoms with van der Waals surface area (Å²) in [6.45, 7) is 0. The monoisotopic (exact) mass is 681 g/mol. The number of aryl methyl sites for hydroxylation is 2. The third-order valence-corrected chi connectivity index (χ3v) is 10.1. The van der Waals surface area contributed by atoms with Crippen LogP contribution in [0.4, 0.5) is 17.1 Å². The third kappa shape index (κ3) is 8.06. The van der Waals surface area contributed by atoms with E-state index in [-0.39, 0.29) is 0 Å². The first-order chi connectivity index (χ1) is 26.3. The predicted molar refractivity (Wildman–Crippen MR) is 227 cm³/mol. The Morgan fingerprint density at radius 3 is 1.49 bits per heavy atom. The number of rotatable bonds is 10. The zero-order valence-electron chi connectivity index (χ0n) is 30.0. The fourth-order valence-electron chi connectivity index (χ4n) is 7.38. The number of allylic oxidation sites excluding steroid dienone is 2. The molecule has 1 aliphatic rings. The largest absolute Gasteiger partial charge is 0.310 e. The molecular formula is C52H43N. The standard InChI is InChI=1S/C52H43N/c1-5-20-43(21-6-1)51(44-22-7-2-8-23-44)30-16-17-40-31-34-48(35-32-40)53(50-36-33-42-19-13-14-28-47(42)39-50)49-29-15-18-41(37-49)38-52(45-24-9-3-10-25-45)46-26-11-4-12-27-46/h1-12,15-18,20-27,29-39H,13-14,19,28H2/b17-16+. The highest BCUT2D eigenvalue weighted by Crippen LogP contribution is 2.38. The summed E-state index contributed by atoms with van der Waals surface area (Å²) in [7, 11) is 0. The van der Waals surface area contributed by atoms with Gasteiger partial charge in [-0.05, 0) is 124 Å². The number of benzene rings is 7. The summed E-state index contributed by atoms with van der Waals surface area (Å²) >= 11 is 0. The molecule has 8 rings (SSSR count). The Kier molecular flexibility index (Phi) is 10.3. The summed E-state index contributed by atoms with van der Waals surface area (Å²) < 4.78 is 0. The van der Waals surface area contributed by atoms with Gasteiger partial charge in [-0.15, -0.1) is 0 Å². The Labute approximate surface area is 314 Å². The van der Waals surface area contributed by atoms with Gasteiger partial charge in [0.1, 0.15) is 0 Å². The molecule has 1 heteroatoms. The van der Waals surface area contributed by atoms with E-state index in [9.17, 15) is 0 Å². The maximum absolute atomic E-state index is 2.42. The maximum atomic E-state index is 2.42. The van der Waals surface area contributed by atoms with E-state index in [1.54, 1.807) is 0 Å². The van der Waals surface area contributed by atoms with Crippen molar-refractivity contribution in [3.63, 3.8) is 0 Å². The lowest BCUT2D eigenvalue weighted by Gasteiger charge is -2.28. The van der Waals surface area contributed by atoms with E-state index in [2.05, 4.69) is 217 Å². The fraction of sp³-hybridized carbons (Fsp3) is 0.0769. The molecule has 1 aliphatic carbocycles. The normalized spacial score (nSPS) is 12.2. The van der Waals surface area contributed by atoms with Crippen LogP contribution in [0.2, 0.25) is 0 Å². The highest BCUT2D eigenvalue weighted by Gasteiger charge is 2.17. The third-order valence-electron chi connectivity index (χ3n) is 10.1. The molecule has 7 aromatic carbocycles. The summed E-state index contributed by atoms with van der Waals surface area (Å²) in [5, 5.41) is 0. The van der Waals surface area contributed by atoms with Crippen LogP contribution in [0.3, 0.4) is 0 Å². The molecule has 0 N–H and O–H groups in total. The molecule has 0 amide bonds. The first-order valence-electron chi connectivity index (χ1n) is 18.7. The van der Waals surface area contributed by atoms with Gasteiger partial charge in [-0.3, -0.25) is 0 Å². The lowest BCUT2D eigenvalue weighted by atomic mass is 9.91. The minimum absolute atomic E-state index is 1.13. The average molecular weight is 682 g/mol. The van der Waals surface area contributed by atoms with Gasteiger partial charge in [0.2, 0.25) is 0 Å². The van der Waals surface area contributed by atoms with Gasteiger partial charge >= 0.3 is 0 Å². The second kappa shape index (κ2) is 16.3. The van der Waals surface area contributed by atoms with Crippen molar-refractivity contribution in [3.8, 4) is 0 Å². The summed E-state index contributed by atoms with van der Waals surface area (Å²) in [6.07, 6.45) is 13.7. The minimum Gasteiger partial charge on any atom is -0.310 e. The van der Waals surface area contributed by atoms with E-state index in [4.69, 9.17) is 0 Å². The smallest absolute Gasteiger partial charge is 0.0467 e. The summed E-state index contributed by atoms with van der Waals surface area (Å²) in [5.41, 5.74) is 16.0. The second-order valence-corrected chi connectivity index (χ2v) is 13.6. The van der Waals surface area contributed by atoms with Crippen molar-refractivity contribution in [1.29, 1.82) is 0 Å². The first-order valence-corrected chi connectivity index (χ1v) is 18.7. The number of hydrogen-bond donors (Lipinski definition) is 0. The van der Waals surface area contributed by atoms with Crippen LogP contribution < -0.4 is 4.90 Å². The fourth-order valence-corrected chi connectivity index (χ4v) is 7.38. The van der Waals surface area contributed by atoms with E-state index < -0.39 is 0 Å². The topological polar surface area (TPSA) is 3.24 Å². The zero-order chi connectivity index (χ0) is 35.7. The van der Waals surface area contributed by atoms with Gasteiger partial charge in [0, 0.05) is 17.1 Å². The molecule has 0 saturated carbocycles. The molecule has 0 fully saturated rings. The maximum Gasteiger partial charge on any atom is 0.0467 e. The Morgan fingerprint density at radius 2 is 0.906 bits per heavy atom. The molecule has 1 nitrogen and oxygen atoms in total. The molecule has 0 aromatic heterocycles. The van der Waals surface area contributed by atoms with Crippen molar-refractivity contribution >= 4 is 40.4 Å². The van der Waals surface area contributed by atoms with Gasteiger partial charge in [-0.25, -0.2) is 0 Å². The number of anilines is 3. The number of nitrogens with zero attached hydrogens (tertiary/aromatic N) is 1. The molecule has 0 atom stereocenters. The molecule has 0 bridgehead atoms. The molecule has 256 valence electrons. The van der Waals surface area contributed by atoms with Crippen LogP contribution in [0.5, 0.6) is 0 Å². The molecular weight excluding hydrogens is 639 g/mol. The van der Waals surface area contributed by atoms with Gasteiger partial charge in [0.05, 0.1) is 0 Å². The van der Waals surface area contributed by atoms with Gasteiger partial charge in [-0.2, -0.15) is 0 Å². The summed E-state index contributed by atoms with van der Waals surface area (Å²) in [6, 6.07) is 67.5. The van der Waals surface area contributed by atoms with Crippen LogP contribution >= 0.6 is 0 Å². The van der Waals surface area contributed by atoms with Gasteiger partial charge in [0.15, 0.2) is 0 Å². The van der Waals surface area contributed by atoms with Crippen LogP contribution in [0.15, 0.2) is 200 Å². The predicted octanol–water partition coefficient (Wildman–Crippen LogP) is 13.8. The van der Waals surface area contributed by atoms with Crippen LogP contribution in [0.25, 0.3) is 23.3 Å². The van der Waals surface area contributed by atoms with Gasteiger partial charge in [-0.1, -0.05) is 170 Å². The second-order valence-electron chi connectivity index (χ2n) is 13.6. The lowest BCUT2D eigenvalue weighted by molar-refractivity contribution is 0.685. The van der Waals surface area contributed by atoms with Gasteiger partial charge < -0.3 is 4.90 Å². The Balaban J connectivity index is 1.15. The Bertz CT molecular complexity index is 2270. The van der Waals surface area contributed by atoms with Crippen molar-refractivity contribution in [1.82, 2.24) is 0 Å². The average Bonchev–Trinajstić information content (AvgIpc) is 3.23. The Hall–Kier alpha value is -6.44.